The number of aliphatic imine (C=N–C) groups is 1. The van der Waals surface area contributed by atoms with Crippen LogP contribution in [0.5, 0.6) is 0 Å². The molecule has 0 radical (unpaired) electrons. The van der Waals surface area contributed by atoms with Gasteiger partial charge in [-0.25, -0.2) is 9.79 Å². The zero-order chi connectivity index (χ0) is 12.7. The van der Waals surface area contributed by atoms with Gasteiger partial charge in [-0.05, 0) is 43.9 Å². The van der Waals surface area contributed by atoms with E-state index in [1.807, 2.05) is 26.0 Å². The number of esters is 1. The number of ether oxygens (including phenoxy) is 1. The third kappa shape index (κ3) is 2.08. The number of rotatable bonds is 2. The molecule has 0 N–H and O–H groups in total. The van der Waals surface area contributed by atoms with E-state index in [0.717, 1.165) is 24.0 Å². The van der Waals surface area contributed by atoms with E-state index in [0.29, 0.717) is 17.5 Å². The van der Waals surface area contributed by atoms with Crippen molar-refractivity contribution in [2.24, 2.45) is 10.9 Å². The number of hydrogen-bond acceptors (Lipinski definition) is 3. The summed E-state index contributed by atoms with van der Waals surface area (Å²) in [6.07, 6.45) is 3.99. The van der Waals surface area contributed by atoms with Gasteiger partial charge in [0.25, 0.3) is 0 Å². The van der Waals surface area contributed by atoms with Gasteiger partial charge in [-0.2, -0.15) is 0 Å². The molecule has 2 aliphatic rings. The molecule has 1 aliphatic heterocycles. The Morgan fingerprint density at radius 1 is 1.33 bits per heavy atom. The second-order valence-electron chi connectivity index (χ2n) is 5.00. The Balaban J connectivity index is 1.95. The van der Waals surface area contributed by atoms with Crippen molar-refractivity contribution in [3.8, 4) is 0 Å². The molecule has 0 amide bonds. The van der Waals surface area contributed by atoms with Crippen LogP contribution in [0.2, 0.25) is 0 Å². The number of aryl methyl sites for hydroxylation is 2. The highest BCUT2D eigenvalue weighted by Crippen LogP contribution is 2.34. The third-order valence-corrected chi connectivity index (χ3v) is 3.29. The molecule has 1 aliphatic carbocycles. The van der Waals surface area contributed by atoms with Gasteiger partial charge in [-0.3, -0.25) is 0 Å². The quantitative estimate of drug-likeness (QED) is 0.589. The molecule has 0 unspecified atom stereocenters. The minimum absolute atomic E-state index is 0.321. The highest BCUT2D eigenvalue weighted by molar-refractivity contribution is 6.08. The maximum Gasteiger partial charge on any atom is 0.363 e. The molecule has 1 aromatic carbocycles. The first-order valence-corrected chi connectivity index (χ1v) is 6.23. The summed E-state index contributed by atoms with van der Waals surface area (Å²) in [6.45, 7) is 4.06. The second kappa shape index (κ2) is 4.09. The summed E-state index contributed by atoms with van der Waals surface area (Å²) in [5, 5.41) is 0. The fourth-order valence-electron chi connectivity index (χ4n) is 1.99. The minimum atomic E-state index is -0.321. The third-order valence-electron chi connectivity index (χ3n) is 3.29. The molecule has 1 aromatic rings. The summed E-state index contributed by atoms with van der Waals surface area (Å²) in [6, 6.07) is 6.16. The number of carbonyl (C=O) groups is 1. The summed E-state index contributed by atoms with van der Waals surface area (Å²) in [5.74, 6) is 0.660. The van der Waals surface area contributed by atoms with E-state index in [-0.39, 0.29) is 5.97 Å². The van der Waals surface area contributed by atoms with E-state index in [1.165, 1.54) is 5.56 Å². The Kier molecular flexibility index (Phi) is 2.54. The molecule has 0 saturated heterocycles. The number of benzene rings is 1. The van der Waals surface area contributed by atoms with Crippen molar-refractivity contribution in [2.45, 2.75) is 26.7 Å². The van der Waals surface area contributed by atoms with Gasteiger partial charge in [-0.1, -0.05) is 23.8 Å². The van der Waals surface area contributed by atoms with Crippen LogP contribution in [0.25, 0.3) is 6.08 Å². The van der Waals surface area contributed by atoms with Crippen molar-refractivity contribution in [1.29, 1.82) is 0 Å². The van der Waals surface area contributed by atoms with E-state index in [2.05, 4.69) is 17.1 Å². The largest absolute Gasteiger partial charge is 0.406 e. The Hall–Kier alpha value is -1.90. The highest BCUT2D eigenvalue weighted by atomic mass is 16.6. The van der Waals surface area contributed by atoms with Gasteiger partial charge in [0, 0.05) is 5.92 Å². The van der Waals surface area contributed by atoms with Crippen LogP contribution in [-0.4, -0.2) is 11.9 Å². The Morgan fingerprint density at radius 2 is 2.11 bits per heavy atom. The first-order valence-electron chi connectivity index (χ1n) is 6.23. The molecule has 0 spiro atoms. The van der Waals surface area contributed by atoms with Crippen LogP contribution in [0.3, 0.4) is 0 Å². The maximum absolute atomic E-state index is 11.7. The van der Waals surface area contributed by atoms with Crippen LogP contribution in [0.15, 0.2) is 28.9 Å². The zero-order valence-corrected chi connectivity index (χ0v) is 10.6. The van der Waals surface area contributed by atoms with E-state index in [4.69, 9.17) is 4.74 Å². The molecule has 0 atom stereocenters. The lowest BCUT2D eigenvalue weighted by Crippen LogP contribution is -2.05. The lowest BCUT2D eigenvalue weighted by molar-refractivity contribution is -0.130. The van der Waals surface area contributed by atoms with Crippen LogP contribution in [0, 0.1) is 19.8 Å². The normalized spacial score (nSPS) is 21.1. The summed E-state index contributed by atoms with van der Waals surface area (Å²) in [5.41, 5.74) is 3.76. The van der Waals surface area contributed by atoms with Gasteiger partial charge < -0.3 is 4.74 Å². The van der Waals surface area contributed by atoms with E-state index in [9.17, 15) is 4.79 Å². The molecule has 18 heavy (non-hydrogen) atoms. The predicted octanol–water partition coefficient (Wildman–Crippen LogP) is 3.01. The standard InChI is InChI=1S/C15H15NO2/c1-9-3-4-10(2)12(7-9)8-13-15(17)18-14(16-13)11-5-6-11/h3-4,7-8,11H,5-6H2,1-2H3/b13-8+. The second-order valence-corrected chi connectivity index (χ2v) is 5.00. The number of nitrogens with zero attached hydrogens (tertiary/aromatic N) is 1. The van der Waals surface area contributed by atoms with Crippen LogP contribution in [0.1, 0.15) is 29.5 Å². The molecule has 1 heterocycles. The fraction of sp³-hybridized carbons (Fsp3) is 0.333. The lowest BCUT2D eigenvalue weighted by atomic mass is 10.0. The van der Waals surface area contributed by atoms with Gasteiger partial charge in [0.05, 0.1) is 0 Å². The topological polar surface area (TPSA) is 38.7 Å². The van der Waals surface area contributed by atoms with Gasteiger partial charge in [0.2, 0.25) is 5.90 Å². The average molecular weight is 241 g/mol. The summed E-state index contributed by atoms with van der Waals surface area (Å²) in [4.78, 5) is 16.0. The molecule has 3 heteroatoms. The highest BCUT2D eigenvalue weighted by Gasteiger charge is 2.35. The van der Waals surface area contributed by atoms with Crippen LogP contribution in [0.4, 0.5) is 0 Å². The lowest BCUT2D eigenvalue weighted by Gasteiger charge is -2.01. The van der Waals surface area contributed by atoms with Crippen LogP contribution < -0.4 is 0 Å². The first-order chi connectivity index (χ1) is 8.63. The average Bonchev–Trinajstić information content (AvgIpc) is 3.11. The SMILES string of the molecule is Cc1ccc(C)c(/C=C2/N=C(C3CC3)OC2=O)c1. The van der Waals surface area contributed by atoms with Crippen molar-refractivity contribution in [1.82, 2.24) is 0 Å². The monoisotopic (exact) mass is 241 g/mol. The van der Waals surface area contributed by atoms with Gasteiger partial charge >= 0.3 is 5.97 Å². The fourth-order valence-corrected chi connectivity index (χ4v) is 1.99. The Bertz CT molecular complexity index is 580. The summed E-state index contributed by atoms with van der Waals surface area (Å²) < 4.78 is 5.18. The summed E-state index contributed by atoms with van der Waals surface area (Å²) >= 11 is 0. The molecule has 92 valence electrons. The van der Waals surface area contributed by atoms with E-state index >= 15 is 0 Å². The van der Waals surface area contributed by atoms with E-state index in [1.54, 1.807) is 0 Å². The number of carbonyl (C=O) groups excluding carboxylic acids is 1. The molecule has 1 saturated carbocycles. The molecular weight excluding hydrogens is 226 g/mol. The first kappa shape index (κ1) is 11.2. The van der Waals surface area contributed by atoms with Gasteiger partial charge in [0.15, 0.2) is 5.70 Å². The molecule has 1 fully saturated rings. The molecule has 0 bridgehead atoms. The van der Waals surface area contributed by atoms with Crippen LogP contribution in [-0.2, 0) is 9.53 Å². The van der Waals surface area contributed by atoms with Crippen molar-refractivity contribution in [2.75, 3.05) is 0 Å². The van der Waals surface area contributed by atoms with Crippen molar-refractivity contribution < 1.29 is 9.53 Å². The Morgan fingerprint density at radius 3 is 2.83 bits per heavy atom. The maximum atomic E-state index is 11.7. The number of hydrogen-bond donors (Lipinski definition) is 0. The summed E-state index contributed by atoms with van der Waals surface area (Å²) in [7, 11) is 0. The molecular formula is C15H15NO2. The van der Waals surface area contributed by atoms with Crippen molar-refractivity contribution in [3.63, 3.8) is 0 Å². The Labute approximate surface area is 106 Å². The zero-order valence-electron chi connectivity index (χ0n) is 10.6. The van der Waals surface area contributed by atoms with Gasteiger partial charge in [0.1, 0.15) is 0 Å². The van der Waals surface area contributed by atoms with E-state index < -0.39 is 0 Å². The molecule has 0 aromatic heterocycles. The van der Waals surface area contributed by atoms with Crippen molar-refractivity contribution in [3.05, 3.63) is 40.6 Å². The van der Waals surface area contributed by atoms with Gasteiger partial charge in [-0.15, -0.1) is 0 Å². The van der Waals surface area contributed by atoms with Crippen LogP contribution >= 0.6 is 0 Å². The molecule has 3 nitrogen and oxygen atoms in total. The number of cyclic esters (lactones) is 1. The minimum Gasteiger partial charge on any atom is -0.406 e. The predicted molar refractivity (Wildman–Crippen MR) is 70.1 cm³/mol. The molecule has 3 rings (SSSR count). The smallest absolute Gasteiger partial charge is 0.363 e. The van der Waals surface area contributed by atoms with Crippen molar-refractivity contribution >= 4 is 17.9 Å².